The molecule has 0 saturated heterocycles. The van der Waals surface area contributed by atoms with Gasteiger partial charge in [-0.25, -0.2) is 0 Å². The quantitative estimate of drug-likeness (QED) is 0.293. The third-order valence-corrected chi connectivity index (χ3v) is 7.57. The fraction of sp³-hybridized carbons (Fsp3) is 0.323. The number of aryl methyl sites for hydroxylation is 3. The fourth-order valence-electron chi connectivity index (χ4n) is 5.49. The Morgan fingerprint density at radius 2 is 1.55 bits per heavy atom. The van der Waals surface area contributed by atoms with Gasteiger partial charge >= 0.3 is 0 Å². The molecule has 1 aliphatic heterocycles. The van der Waals surface area contributed by atoms with Gasteiger partial charge in [-0.1, -0.05) is 93.3 Å². The second-order valence-electron chi connectivity index (χ2n) is 10.1. The van der Waals surface area contributed by atoms with Gasteiger partial charge in [-0.3, -0.25) is 0 Å². The third-order valence-electron chi connectivity index (χ3n) is 7.57. The smallest absolute Gasteiger partial charge is 0.123 e. The van der Waals surface area contributed by atoms with E-state index in [0.717, 1.165) is 44.8 Å². The van der Waals surface area contributed by atoms with Crippen molar-refractivity contribution in [2.75, 3.05) is 0 Å². The summed E-state index contributed by atoms with van der Waals surface area (Å²) in [7, 11) is 1.94. The molecule has 3 aromatic carbocycles. The molecule has 1 atom stereocenters. The lowest BCUT2D eigenvalue weighted by Gasteiger charge is -2.46. The number of nitrogens with zero attached hydrogens (tertiary/aromatic N) is 2. The highest BCUT2D eigenvalue weighted by molar-refractivity contribution is 5.83. The standard InChI is InChI=1S/C31H35N2/c1-20-17-21(2)19-24(18-20)28-26(23-14-10-9-11-15-23)29-31(6,7)30(4,5)25-16-12-13-22(3)27(25)33(29)32(28)8/h9-19H,1-8H3/q+1/i1D3,6D3. The Kier molecular flexibility index (Phi) is 3.41. The van der Waals surface area contributed by atoms with Crippen LogP contribution in [0.1, 0.15) is 63.8 Å². The van der Waals surface area contributed by atoms with Crippen LogP contribution in [0.3, 0.4) is 0 Å². The van der Waals surface area contributed by atoms with Crippen molar-refractivity contribution in [1.82, 2.24) is 4.68 Å². The van der Waals surface area contributed by atoms with Gasteiger partial charge in [-0.15, -0.1) is 9.36 Å². The van der Waals surface area contributed by atoms with Gasteiger partial charge in [0.25, 0.3) is 0 Å². The highest BCUT2D eigenvalue weighted by atomic mass is 15.4. The first-order chi connectivity index (χ1) is 18.0. The van der Waals surface area contributed by atoms with Gasteiger partial charge in [0.05, 0.1) is 5.56 Å². The van der Waals surface area contributed by atoms with Crippen LogP contribution in [0.5, 0.6) is 0 Å². The van der Waals surface area contributed by atoms with Gasteiger partial charge in [-0.05, 0) is 49.5 Å². The number of fused-ring (bicyclic) bond motifs is 3. The maximum Gasteiger partial charge on any atom is 0.246 e. The topological polar surface area (TPSA) is 8.81 Å². The average molecular weight is 442 g/mol. The Morgan fingerprint density at radius 3 is 2.24 bits per heavy atom. The summed E-state index contributed by atoms with van der Waals surface area (Å²) in [5.41, 5.74) is 5.96. The number of rotatable bonds is 2. The Labute approximate surface area is 206 Å². The molecule has 2 nitrogen and oxygen atoms in total. The van der Waals surface area contributed by atoms with Crippen molar-refractivity contribution in [1.29, 1.82) is 0 Å². The van der Waals surface area contributed by atoms with E-state index >= 15 is 0 Å². The summed E-state index contributed by atoms with van der Waals surface area (Å²) >= 11 is 0. The highest BCUT2D eigenvalue weighted by Crippen LogP contribution is 2.54. The molecule has 0 spiro atoms. The van der Waals surface area contributed by atoms with Crippen LogP contribution in [-0.2, 0) is 17.9 Å². The third kappa shape index (κ3) is 2.96. The normalized spacial score (nSPS) is 22.1. The van der Waals surface area contributed by atoms with Crippen molar-refractivity contribution in [3.05, 3.63) is 94.7 Å². The summed E-state index contributed by atoms with van der Waals surface area (Å²) in [6.45, 7) is 5.24. The molecule has 0 fully saturated rings. The molecule has 0 amide bonds. The summed E-state index contributed by atoms with van der Waals surface area (Å²) < 4.78 is 55.2. The largest absolute Gasteiger partial charge is 0.246 e. The second-order valence-corrected chi connectivity index (χ2v) is 10.1. The number of aromatic nitrogens is 2. The molecular weight excluding hydrogens is 400 g/mol. The van der Waals surface area contributed by atoms with Crippen LogP contribution in [0.25, 0.3) is 28.1 Å². The minimum Gasteiger partial charge on any atom is -0.123 e. The first kappa shape index (κ1) is 15.7. The van der Waals surface area contributed by atoms with E-state index in [1.807, 2.05) is 88.0 Å². The van der Waals surface area contributed by atoms with Gasteiger partial charge in [0.1, 0.15) is 11.4 Å². The van der Waals surface area contributed by atoms with E-state index in [9.17, 15) is 0 Å². The molecule has 0 saturated carbocycles. The maximum atomic E-state index is 8.93. The minimum atomic E-state index is -2.35. The van der Waals surface area contributed by atoms with E-state index in [1.54, 1.807) is 12.1 Å². The summed E-state index contributed by atoms with van der Waals surface area (Å²) in [6.07, 6.45) is 0. The number of hydrogen-bond acceptors (Lipinski definition) is 0. The zero-order valence-corrected chi connectivity index (χ0v) is 20.2. The SMILES string of the molecule is [2H]C([2H])([2H])c1cc(C)cc(-c2c(-c3ccccc3)c3n([n+]2C)-c2c(C)cccc2C(C)(C)C3(C)C([2H])([2H])[2H])c1. The van der Waals surface area contributed by atoms with E-state index in [2.05, 4.69) is 17.7 Å². The molecule has 0 bridgehead atoms. The Hall–Kier alpha value is -3.13. The summed E-state index contributed by atoms with van der Waals surface area (Å²) in [4.78, 5) is 0. The molecule has 0 N–H and O–H groups in total. The monoisotopic (exact) mass is 441 g/mol. The molecule has 1 aliphatic rings. The predicted octanol–water partition coefficient (Wildman–Crippen LogP) is 7.13. The van der Waals surface area contributed by atoms with Crippen LogP contribution in [0.4, 0.5) is 0 Å². The first-order valence-electron chi connectivity index (χ1n) is 14.5. The minimum absolute atomic E-state index is 0.260. The average Bonchev–Trinajstić information content (AvgIpc) is 3.14. The molecule has 0 radical (unpaired) electrons. The van der Waals surface area contributed by atoms with Gasteiger partial charge < -0.3 is 0 Å². The van der Waals surface area contributed by atoms with Crippen LogP contribution < -0.4 is 4.68 Å². The molecular formula is C31H35N2+. The molecule has 2 heterocycles. The molecule has 168 valence electrons. The van der Waals surface area contributed by atoms with Crippen LogP contribution in [0.15, 0.2) is 66.7 Å². The highest BCUT2D eigenvalue weighted by Gasteiger charge is 2.52. The van der Waals surface area contributed by atoms with Crippen LogP contribution in [0.2, 0.25) is 0 Å². The lowest BCUT2D eigenvalue weighted by atomic mass is 9.59. The molecule has 5 rings (SSSR count). The second kappa shape index (κ2) is 7.18. The Bertz CT molecular complexity index is 1590. The predicted molar refractivity (Wildman–Crippen MR) is 138 cm³/mol. The molecule has 1 unspecified atom stereocenters. The first-order valence-corrected chi connectivity index (χ1v) is 11.5. The molecule has 1 aromatic heterocycles. The van der Waals surface area contributed by atoms with Crippen LogP contribution >= 0.6 is 0 Å². The van der Waals surface area contributed by atoms with E-state index in [1.165, 1.54) is 0 Å². The zero-order valence-electron chi connectivity index (χ0n) is 26.2. The van der Waals surface area contributed by atoms with Gasteiger partial charge in [-0.2, -0.15) is 0 Å². The fourth-order valence-corrected chi connectivity index (χ4v) is 5.49. The van der Waals surface area contributed by atoms with Crippen LogP contribution in [0, 0.1) is 20.7 Å². The molecule has 2 heteroatoms. The van der Waals surface area contributed by atoms with Crippen molar-refractivity contribution >= 4 is 0 Å². The molecule has 0 aliphatic carbocycles. The van der Waals surface area contributed by atoms with Gasteiger partial charge in [0, 0.05) is 24.6 Å². The van der Waals surface area contributed by atoms with Crippen molar-refractivity contribution in [3.8, 4) is 28.1 Å². The van der Waals surface area contributed by atoms with E-state index in [0.29, 0.717) is 5.69 Å². The molecule has 4 aromatic rings. The van der Waals surface area contributed by atoms with Crippen LogP contribution in [-0.4, -0.2) is 4.68 Å². The van der Waals surface area contributed by atoms with Gasteiger partial charge in [0.2, 0.25) is 5.69 Å². The summed E-state index contributed by atoms with van der Waals surface area (Å²) in [6, 6.07) is 21.3. The Morgan fingerprint density at radius 1 is 0.818 bits per heavy atom. The number of para-hydroxylation sites is 1. The van der Waals surface area contributed by atoms with E-state index in [-0.39, 0.29) is 5.56 Å². The van der Waals surface area contributed by atoms with Gasteiger partial charge in [0.15, 0.2) is 7.05 Å². The summed E-state index contributed by atoms with van der Waals surface area (Å²) in [5, 5.41) is 0. The van der Waals surface area contributed by atoms with Crippen molar-refractivity contribution in [2.24, 2.45) is 7.05 Å². The lowest BCUT2D eigenvalue weighted by molar-refractivity contribution is -0.735. The zero-order chi connectivity index (χ0) is 28.7. The van der Waals surface area contributed by atoms with Crippen molar-refractivity contribution in [3.63, 3.8) is 0 Å². The number of benzene rings is 3. The van der Waals surface area contributed by atoms with E-state index < -0.39 is 24.5 Å². The molecule has 33 heavy (non-hydrogen) atoms. The van der Waals surface area contributed by atoms with E-state index in [4.69, 9.17) is 8.22 Å². The Balaban J connectivity index is 2.06. The summed E-state index contributed by atoms with van der Waals surface area (Å²) in [5.74, 6) is 0. The maximum absolute atomic E-state index is 8.93. The van der Waals surface area contributed by atoms with Crippen molar-refractivity contribution in [2.45, 2.75) is 59.2 Å². The lowest BCUT2D eigenvalue weighted by Crippen LogP contribution is -2.51. The van der Waals surface area contributed by atoms with Crippen molar-refractivity contribution < 1.29 is 12.9 Å². The number of hydrogen-bond donors (Lipinski definition) is 0.